The minimum absolute atomic E-state index is 0.452. The zero-order chi connectivity index (χ0) is 26.6. The molecule has 0 bridgehead atoms. The lowest BCUT2D eigenvalue weighted by Gasteiger charge is -2.19. The smallest absolute Gasteiger partial charge is 0.342 e. The van der Waals surface area contributed by atoms with Gasteiger partial charge < -0.3 is 10.6 Å². The number of ketones is 2. The Morgan fingerprint density at radius 3 is 2.26 bits per heavy atom. The second-order valence-electron chi connectivity index (χ2n) is 7.64. The van der Waals surface area contributed by atoms with Gasteiger partial charge in [-0.3, -0.25) is 19.2 Å². The Hall–Kier alpha value is -3.77. The van der Waals surface area contributed by atoms with Crippen molar-refractivity contribution in [1.29, 1.82) is 0 Å². The maximum Gasteiger partial charge on any atom is 0.416 e. The van der Waals surface area contributed by atoms with Crippen LogP contribution < -0.4 is 10.6 Å². The van der Waals surface area contributed by atoms with Crippen LogP contribution in [0.4, 0.5) is 32.2 Å². The molecular formula is C22H19F6N3O4. The van der Waals surface area contributed by atoms with Crippen molar-refractivity contribution in [3.8, 4) is 0 Å². The van der Waals surface area contributed by atoms with Gasteiger partial charge in [-0.25, -0.2) is 18.2 Å². The molecule has 13 heteroatoms. The number of amides is 2. The van der Waals surface area contributed by atoms with Crippen LogP contribution in [0.5, 0.6) is 0 Å². The lowest BCUT2D eigenvalue weighted by atomic mass is 10.0. The zero-order valence-electron chi connectivity index (χ0n) is 18.3. The number of anilines is 1. The topological polar surface area (TPSA) is 105 Å². The molecule has 7 nitrogen and oxygen atoms in total. The summed E-state index contributed by atoms with van der Waals surface area (Å²) in [6.45, 7) is 1.44. The van der Waals surface area contributed by atoms with Gasteiger partial charge in [-0.1, -0.05) is 6.07 Å². The minimum Gasteiger partial charge on any atom is -0.342 e. The van der Waals surface area contributed by atoms with Gasteiger partial charge in [-0.05, 0) is 37.6 Å². The first-order valence-electron chi connectivity index (χ1n) is 9.96. The van der Waals surface area contributed by atoms with Gasteiger partial charge in [0.1, 0.15) is 11.6 Å². The Bertz CT molecular complexity index is 1140. The highest BCUT2D eigenvalue weighted by Gasteiger charge is 2.32. The number of hydrogen-bond acceptors (Lipinski definition) is 5. The van der Waals surface area contributed by atoms with Crippen LogP contribution in [-0.4, -0.2) is 40.3 Å². The van der Waals surface area contributed by atoms with Crippen molar-refractivity contribution in [3.05, 3.63) is 59.0 Å². The first kappa shape index (κ1) is 27.5. The van der Waals surface area contributed by atoms with Gasteiger partial charge in [0.15, 0.2) is 5.78 Å². The summed E-state index contributed by atoms with van der Waals surface area (Å²) in [6, 6.07) is 2.24. The monoisotopic (exact) mass is 503 g/mol. The fourth-order valence-electron chi connectivity index (χ4n) is 2.88. The van der Waals surface area contributed by atoms with Crippen molar-refractivity contribution in [2.75, 3.05) is 5.32 Å². The van der Waals surface area contributed by atoms with E-state index in [-0.39, 0.29) is 0 Å². The Kier molecular flexibility index (Phi) is 8.37. The van der Waals surface area contributed by atoms with Crippen LogP contribution in [0, 0.1) is 5.82 Å². The van der Waals surface area contributed by atoms with Crippen LogP contribution in [0.1, 0.15) is 53.0 Å². The molecule has 0 radical (unpaired) electrons. The number of halogens is 6. The molecule has 0 aliphatic heterocycles. The number of Topliss-reactive ketones (excluding diaryl/α,β-unsaturated/α-hetero) is 2. The van der Waals surface area contributed by atoms with E-state index in [0.29, 0.717) is 25.3 Å². The number of alkyl halides is 5. The summed E-state index contributed by atoms with van der Waals surface area (Å²) in [4.78, 5) is 52.3. The molecule has 2 aromatic rings. The quantitative estimate of drug-likeness (QED) is 0.395. The molecule has 2 N–H and O–H groups in total. The largest absolute Gasteiger partial charge is 0.416 e. The maximum absolute atomic E-state index is 13.8. The molecule has 0 saturated heterocycles. The standard InChI is InChI=1S/C22H19F6N3O4/c1-11(32)17(33)16(6-7-21(2,24)25)30-20(35)15-9-14(23)10-29-18(15)31-19(34)12-4-3-5-13(8-12)22(26,27)28/h3-5,8-10,16H,6-7H2,1-2H3,(H,30,35)(H,29,31,34)/t16-/m0/s1. The first-order chi connectivity index (χ1) is 16.1. The summed E-state index contributed by atoms with van der Waals surface area (Å²) in [6.07, 6.45) is -5.61. The second-order valence-corrected chi connectivity index (χ2v) is 7.64. The molecule has 1 atom stereocenters. The molecule has 1 aromatic heterocycles. The van der Waals surface area contributed by atoms with E-state index in [1.165, 1.54) is 0 Å². The van der Waals surface area contributed by atoms with E-state index in [0.717, 1.165) is 25.1 Å². The van der Waals surface area contributed by atoms with Crippen molar-refractivity contribution in [1.82, 2.24) is 10.3 Å². The third-order valence-electron chi connectivity index (χ3n) is 4.62. The van der Waals surface area contributed by atoms with Crippen molar-refractivity contribution in [2.24, 2.45) is 0 Å². The molecule has 0 aliphatic rings. The number of nitrogens with zero attached hydrogens (tertiary/aromatic N) is 1. The molecule has 0 unspecified atom stereocenters. The number of carbonyl (C=O) groups is 4. The molecule has 2 amide bonds. The molecule has 0 aliphatic carbocycles. The second kappa shape index (κ2) is 10.7. The number of carbonyl (C=O) groups excluding carboxylic acids is 4. The minimum atomic E-state index is -4.73. The maximum atomic E-state index is 13.8. The molecule has 1 heterocycles. The number of nitrogens with one attached hydrogen (secondary N) is 2. The van der Waals surface area contributed by atoms with Crippen LogP contribution in [0.25, 0.3) is 0 Å². The van der Waals surface area contributed by atoms with Crippen LogP contribution in [0.15, 0.2) is 36.5 Å². The van der Waals surface area contributed by atoms with E-state index in [1.807, 2.05) is 5.32 Å². The van der Waals surface area contributed by atoms with Crippen molar-refractivity contribution in [2.45, 2.75) is 44.8 Å². The molecule has 0 saturated carbocycles. The molecule has 1 aromatic carbocycles. The summed E-state index contributed by atoms with van der Waals surface area (Å²) in [5.41, 5.74) is -2.23. The summed E-state index contributed by atoms with van der Waals surface area (Å²) in [7, 11) is 0. The van der Waals surface area contributed by atoms with Crippen LogP contribution in [0.3, 0.4) is 0 Å². The normalized spacial score (nSPS) is 12.6. The van der Waals surface area contributed by atoms with E-state index >= 15 is 0 Å². The SMILES string of the molecule is CC(=O)C(=O)[C@H](CCC(C)(F)F)NC(=O)c1cc(F)cnc1NC(=O)c1cccc(C(F)(F)F)c1. The Morgan fingerprint density at radius 2 is 1.69 bits per heavy atom. The van der Waals surface area contributed by atoms with Gasteiger partial charge in [0.2, 0.25) is 11.7 Å². The molecule has 2 rings (SSSR count). The summed E-state index contributed by atoms with van der Waals surface area (Å²) >= 11 is 0. The number of pyridine rings is 1. The lowest BCUT2D eigenvalue weighted by molar-refractivity contribution is -0.137. The van der Waals surface area contributed by atoms with Gasteiger partial charge in [0.25, 0.3) is 11.8 Å². The third kappa shape index (κ3) is 7.90. The number of hydrogen-bond donors (Lipinski definition) is 2. The van der Waals surface area contributed by atoms with Crippen LogP contribution in [0.2, 0.25) is 0 Å². The first-order valence-corrected chi connectivity index (χ1v) is 9.96. The van der Waals surface area contributed by atoms with Crippen molar-refractivity contribution in [3.63, 3.8) is 0 Å². The summed E-state index contributed by atoms with van der Waals surface area (Å²) in [5.74, 6) is -9.42. The molecule has 188 valence electrons. The highest BCUT2D eigenvalue weighted by atomic mass is 19.4. The number of benzene rings is 1. The summed E-state index contributed by atoms with van der Waals surface area (Å²) in [5, 5.41) is 4.13. The highest BCUT2D eigenvalue weighted by molar-refractivity contribution is 6.38. The van der Waals surface area contributed by atoms with E-state index in [4.69, 9.17) is 0 Å². The lowest BCUT2D eigenvalue weighted by Crippen LogP contribution is -2.44. The van der Waals surface area contributed by atoms with Gasteiger partial charge in [-0.15, -0.1) is 0 Å². The van der Waals surface area contributed by atoms with Crippen molar-refractivity contribution < 1.29 is 45.5 Å². The molecule has 0 spiro atoms. The van der Waals surface area contributed by atoms with E-state index in [2.05, 4.69) is 10.3 Å². The predicted octanol–water partition coefficient (Wildman–Crippen LogP) is 4.18. The van der Waals surface area contributed by atoms with Gasteiger partial charge >= 0.3 is 6.18 Å². The van der Waals surface area contributed by atoms with Gasteiger partial charge in [0.05, 0.1) is 23.4 Å². The van der Waals surface area contributed by atoms with Crippen LogP contribution in [-0.2, 0) is 15.8 Å². The highest BCUT2D eigenvalue weighted by Crippen LogP contribution is 2.29. The van der Waals surface area contributed by atoms with E-state index in [9.17, 15) is 45.5 Å². The Balaban J connectivity index is 2.32. The predicted molar refractivity (Wildman–Crippen MR) is 110 cm³/mol. The number of aromatic nitrogens is 1. The molecular weight excluding hydrogens is 484 g/mol. The number of rotatable bonds is 9. The Morgan fingerprint density at radius 1 is 1.03 bits per heavy atom. The molecule has 35 heavy (non-hydrogen) atoms. The Labute approximate surface area is 194 Å². The summed E-state index contributed by atoms with van der Waals surface area (Å²) < 4.78 is 79.0. The average Bonchev–Trinajstić information content (AvgIpc) is 2.75. The molecule has 0 fully saturated rings. The fraction of sp³-hybridized carbons (Fsp3) is 0.318. The van der Waals surface area contributed by atoms with Crippen LogP contribution >= 0.6 is 0 Å². The zero-order valence-corrected chi connectivity index (χ0v) is 18.3. The van der Waals surface area contributed by atoms with Gasteiger partial charge in [-0.2, -0.15) is 13.2 Å². The van der Waals surface area contributed by atoms with Gasteiger partial charge in [0, 0.05) is 18.9 Å². The fourth-order valence-corrected chi connectivity index (χ4v) is 2.88. The van der Waals surface area contributed by atoms with E-state index in [1.54, 1.807) is 0 Å². The van der Waals surface area contributed by atoms with Crippen molar-refractivity contribution >= 4 is 29.2 Å². The van der Waals surface area contributed by atoms with E-state index < -0.39 is 82.7 Å². The average molecular weight is 503 g/mol. The third-order valence-corrected chi connectivity index (χ3v) is 4.62.